The third-order valence-electron chi connectivity index (χ3n) is 7.48. The van der Waals surface area contributed by atoms with E-state index in [1.54, 1.807) is 0 Å². The van der Waals surface area contributed by atoms with Gasteiger partial charge in [-0.25, -0.2) is 0 Å². The van der Waals surface area contributed by atoms with Crippen molar-refractivity contribution in [2.75, 3.05) is 0 Å². The molecule has 0 amide bonds. The van der Waals surface area contributed by atoms with Crippen molar-refractivity contribution in [3.63, 3.8) is 0 Å². The molecule has 0 aliphatic carbocycles. The van der Waals surface area contributed by atoms with E-state index in [1.165, 1.54) is 51.3 Å². The van der Waals surface area contributed by atoms with E-state index < -0.39 is 0 Å². The summed E-state index contributed by atoms with van der Waals surface area (Å²) in [5, 5.41) is 0.824. The van der Waals surface area contributed by atoms with Crippen molar-refractivity contribution in [1.82, 2.24) is 0 Å². The molecule has 106 valence electrons. The monoisotopic (exact) mass is 260 g/mol. The Hall–Kier alpha value is 0.0899. The van der Waals surface area contributed by atoms with E-state index in [0.29, 0.717) is 24.5 Å². The van der Waals surface area contributed by atoms with Crippen LogP contribution in [0.3, 0.4) is 0 Å². The normalized spacial score (nSPS) is 46.1. The summed E-state index contributed by atoms with van der Waals surface area (Å²) >= 11 is 0. The first-order chi connectivity index (χ1) is 9.07. The zero-order valence-corrected chi connectivity index (χ0v) is 13.4. The lowest BCUT2D eigenvalue weighted by Gasteiger charge is -2.47. The molecule has 3 aliphatic rings. The molecule has 3 heterocycles. The molecule has 0 saturated carbocycles. The van der Waals surface area contributed by atoms with Crippen molar-refractivity contribution < 1.29 is 4.57 Å². The lowest BCUT2D eigenvalue weighted by molar-refractivity contribution is 0.254. The predicted octanol–water partition coefficient (Wildman–Crippen LogP) is 5.30. The van der Waals surface area contributed by atoms with Gasteiger partial charge in [-0.15, -0.1) is 0 Å². The van der Waals surface area contributed by atoms with Crippen molar-refractivity contribution in [2.24, 2.45) is 5.92 Å². The highest BCUT2D eigenvalue weighted by Gasteiger charge is 2.67. The maximum absolute atomic E-state index is 6.72. The molecule has 2 bridgehead atoms. The molecule has 0 aromatic carbocycles. The fourth-order valence-electron chi connectivity index (χ4n) is 6.04. The highest BCUT2D eigenvalue weighted by atomic mass is 16.4. The van der Waals surface area contributed by atoms with Crippen LogP contribution in [0, 0.1) is 5.92 Å². The van der Waals surface area contributed by atoms with Crippen LogP contribution in [-0.2, 0) is 4.57 Å². The molecule has 19 heavy (non-hydrogen) atoms. The summed E-state index contributed by atoms with van der Waals surface area (Å²) in [7, 11) is 0. The standard InChI is InChI=1S/C16H30B2O/c1-5-15(3)16(4)13-9-7-11-14(12-8-10-13)18(16)19-17(15)6-2/h13-14H,5-12H2,1-4H3. The highest BCUT2D eigenvalue weighted by molar-refractivity contribution is 6.77. The molecule has 3 heteroatoms. The van der Waals surface area contributed by atoms with E-state index in [4.69, 9.17) is 4.57 Å². The van der Waals surface area contributed by atoms with E-state index in [9.17, 15) is 0 Å². The van der Waals surface area contributed by atoms with Gasteiger partial charge in [0.2, 0.25) is 0 Å². The van der Waals surface area contributed by atoms with E-state index in [0.717, 1.165) is 11.7 Å². The van der Waals surface area contributed by atoms with Gasteiger partial charge in [0.15, 0.2) is 0 Å². The van der Waals surface area contributed by atoms with Crippen molar-refractivity contribution >= 4 is 13.8 Å². The minimum Gasteiger partial charge on any atom is -0.497 e. The molecule has 3 fully saturated rings. The molecule has 0 N–H and O–H groups in total. The third kappa shape index (κ3) is 1.73. The smallest absolute Gasteiger partial charge is 0.285 e. The highest BCUT2D eigenvalue weighted by Crippen LogP contribution is 2.72. The van der Waals surface area contributed by atoms with Gasteiger partial charge in [0.1, 0.15) is 0 Å². The van der Waals surface area contributed by atoms with Crippen LogP contribution in [0.25, 0.3) is 0 Å². The van der Waals surface area contributed by atoms with E-state index in [2.05, 4.69) is 27.7 Å². The van der Waals surface area contributed by atoms with Crippen molar-refractivity contribution in [3.05, 3.63) is 0 Å². The largest absolute Gasteiger partial charge is 0.497 e. The van der Waals surface area contributed by atoms with Gasteiger partial charge in [-0.2, -0.15) is 0 Å². The summed E-state index contributed by atoms with van der Waals surface area (Å²) in [6.45, 7) is 10.9. The van der Waals surface area contributed by atoms with Crippen molar-refractivity contribution in [1.29, 1.82) is 0 Å². The maximum Gasteiger partial charge on any atom is 0.285 e. The zero-order chi connectivity index (χ0) is 13.7. The van der Waals surface area contributed by atoms with Gasteiger partial charge in [-0.05, 0) is 22.4 Å². The van der Waals surface area contributed by atoms with Gasteiger partial charge >= 0.3 is 0 Å². The number of hydrogen-bond acceptors (Lipinski definition) is 1. The van der Waals surface area contributed by atoms with Crippen LogP contribution in [0.1, 0.15) is 72.6 Å². The minimum atomic E-state index is 0.393. The first-order valence-electron chi connectivity index (χ1n) is 8.73. The second-order valence-corrected chi connectivity index (χ2v) is 7.83. The Kier molecular flexibility index (Phi) is 3.57. The van der Waals surface area contributed by atoms with Gasteiger partial charge in [-0.3, -0.25) is 0 Å². The molecule has 3 saturated heterocycles. The Labute approximate surface area is 120 Å². The molecule has 3 rings (SSSR count). The van der Waals surface area contributed by atoms with Gasteiger partial charge in [0, 0.05) is 0 Å². The first kappa shape index (κ1) is 14.0. The van der Waals surface area contributed by atoms with Crippen LogP contribution in [0.2, 0.25) is 22.8 Å². The Morgan fingerprint density at radius 3 is 2.21 bits per heavy atom. The quantitative estimate of drug-likeness (QED) is 0.611. The van der Waals surface area contributed by atoms with Crippen molar-refractivity contribution in [2.45, 2.75) is 95.4 Å². The zero-order valence-electron chi connectivity index (χ0n) is 13.4. The second kappa shape index (κ2) is 4.83. The Bertz CT molecular complexity index is 338. The lowest BCUT2D eigenvalue weighted by atomic mass is 9.27. The molecule has 0 aromatic rings. The van der Waals surface area contributed by atoms with Crippen LogP contribution in [0.5, 0.6) is 0 Å². The summed E-state index contributed by atoms with van der Waals surface area (Å²) in [6, 6.07) is 0. The molecule has 2 atom stereocenters. The summed E-state index contributed by atoms with van der Waals surface area (Å²) in [4.78, 5) is 0. The molecule has 0 spiro atoms. The van der Waals surface area contributed by atoms with Crippen LogP contribution < -0.4 is 0 Å². The molecular weight excluding hydrogens is 230 g/mol. The van der Waals surface area contributed by atoms with Crippen LogP contribution in [-0.4, -0.2) is 13.8 Å². The molecule has 1 nitrogen and oxygen atoms in total. The summed E-state index contributed by atoms with van der Waals surface area (Å²) in [5.41, 5.74) is 0. The van der Waals surface area contributed by atoms with E-state index >= 15 is 0 Å². The van der Waals surface area contributed by atoms with Crippen LogP contribution in [0.15, 0.2) is 0 Å². The second-order valence-electron chi connectivity index (χ2n) is 7.83. The Morgan fingerprint density at radius 1 is 1.05 bits per heavy atom. The average molecular weight is 260 g/mol. The van der Waals surface area contributed by atoms with Crippen LogP contribution in [0.4, 0.5) is 0 Å². The van der Waals surface area contributed by atoms with Gasteiger partial charge in [0.05, 0.1) is 0 Å². The Balaban J connectivity index is 2.07. The van der Waals surface area contributed by atoms with Gasteiger partial charge in [0.25, 0.3) is 13.8 Å². The fourth-order valence-corrected chi connectivity index (χ4v) is 6.04. The van der Waals surface area contributed by atoms with Gasteiger partial charge < -0.3 is 4.57 Å². The maximum atomic E-state index is 6.72. The third-order valence-corrected chi connectivity index (χ3v) is 7.48. The van der Waals surface area contributed by atoms with Gasteiger partial charge in [-0.1, -0.05) is 79.0 Å². The van der Waals surface area contributed by atoms with E-state index in [-0.39, 0.29) is 0 Å². The Morgan fingerprint density at radius 2 is 1.68 bits per heavy atom. The summed E-state index contributed by atoms with van der Waals surface area (Å²) in [6.07, 6.45) is 11.1. The van der Waals surface area contributed by atoms with E-state index in [1.807, 2.05) is 0 Å². The number of hydrogen-bond donors (Lipinski definition) is 0. The molecule has 0 radical (unpaired) electrons. The molecule has 0 aromatic heterocycles. The number of rotatable bonds is 2. The fraction of sp³-hybridized carbons (Fsp3) is 1.00. The van der Waals surface area contributed by atoms with Crippen molar-refractivity contribution in [3.8, 4) is 0 Å². The molecular formula is C16H30B2O. The SMILES string of the molecule is CCB1OB2C3CCCC(CCC3)C2(C)C1(C)CC. The summed E-state index contributed by atoms with van der Waals surface area (Å²) < 4.78 is 6.72. The minimum absolute atomic E-state index is 0.393. The average Bonchev–Trinajstić information content (AvgIpc) is 2.49. The predicted molar refractivity (Wildman–Crippen MR) is 85.0 cm³/mol. The topological polar surface area (TPSA) is 9.23 Å². The summed E-state index contributed by atoms with van der Waals surface area (Å²) in [5.74, 6) is 1.76. The molecule has 3 aliphatic heterocycles. The van der Waals surface area contributed by atoms with Crippen LogP contribution >= 0.6 is 0 Å². The lowest BCUT2D eigenvalue weighted by Crippen LogP contribution is -2.40. The molecule has 2 unspecified atom stereocenters. The first-order valence-corrected chi connectivity index (χ1v) is 8.73.